The minimum absolute atomic E-state index is 0.0971. The van der Waals surface area contributed by atoms with Crippen LogP contribution in [0.2, 0.25) is 0 Å². The van der Waals surface area contributed by atoms with Gasteiger partial charge in [-0.1, -0.05) is 19.4 Å². The van der Waals surface area contributed by atoms with Crippen molar-refractivity contribution in [3.05, 3.63) is 23.8 Å². The first kappa shape index (κ1) is 13.2. The van der Waals surface area contributed by atoms with Crippen LogP contribution in [0.5, 0.6) is 11.5 Å². The van der Waals surface area contributed by atoms with Crippen molar-refractivity contribution in [2.45, 2.75) is 51.2 Å². The Labute approximate surface area is 109 Å². The van der Waals surface area contributed by atoms with Gasteiger partial charge < -0.3 is 14.6 Å². The van der Waals surface area contributed by atoms with Crippen LogP contribution < -0.4 is 9.47 Å². The van der Waals surface area contributed by atoms with Crippen molar-refractivity contribution < 1.29 is 14.6 Å². The van der Waals surface area contributed by atoms with E-state index in [1.807, 2.05) is 18.2 Å². The third-order valence-corrected chi connectivity index (χ3v) is 3.58. The molecule has 0 heterocycles. The van der Waals surface area contributed by atoms with Crippen LogP contribution in [-0.2, 0) is 6.42 Å². The highest BCUT2D eigenvalue weighted by molar-refractivity contribution is 5.43. The molecule has 2 rings (SSSR count). The van der Waals surface area contributed by atoms with Crippen LogP contribution >= 0.6 is 0 Å². The number of hydrogen-bond acceptors (Lipinski definition) is 3. The minimum atomic E-state index is -0.352. The molecule has 18 heavy (non-hydrogen) atoms. The number of methoxy groups -OCH3 is 1. The maximum Gasteiger partial charge on any atom is 0.161 e. The Hall–Kier alpha value is -1.22. The zero-order valence-corrected chi connectivity index (χ0v) is 11.2. The second-order valence-corrected chi connectivity index (χ2v) is 4.85. The molecule has 0 saturated heterocycles. The molecule has 3 heteroatoms. The lowest BCUT2D eigenvalue weighted by molar-refractivity contribution is 0.00567. The molecule has 100 valence electrons. The number of aliphatic hydroxyl groups is 1. The van der Waals surface area contributed by atoms with E-state index in [0.717, 1.165) is 43.6 Å². The fourth-order valence-corrected chi connectivity index (χ4v) is 2.41. The van der Waals surface area contributed by atoms with Crippen LogP contribution in [0.4, 0.5) is 0 Å². The van der Waals surface area contributed by atoms with Crippen LogP contribution in [0.25, 0.3) is 0 Å². The van der Waals surface area contributed by atoms with Crippen molar-refractivity contribution in [2.24, 2.45) is 0 Å². The van der Waals surface area contributed by atoms with Crippen LogP contribution in [0.3, 0.4) is 0 Å². The Morgan fingerprint density at radius 1 is 1.22 bits per heavy atom. The maximum absolute atomic E-state index is 9.93. The molecule has 0 radical (unpaired) electrons. The molecule has 1 saturated carbocycles. The Kier molecular flexibility index (Phi) is 4.48. The highest BCUT2D eigenvalue weighted by atomic mass is 16.5. The SMILES string of the molecule is CCc1ccc(O[C@@H]2CCCC[C@H]2O)c(OC)c1. The minimum Gasteiger partial charge on any atom is -0.493 e. The molecule has 2 atom stereocenters. The number of aliphatic hydroxyl groups excluding tert-OH is 1. The number of rotatable bonds is 4. The van der Waals surface area contributed by atoms with E-state index in [9.17, 15) is 5.11 Å². The first-order valence-electron chi connectivity index (χ1n) is 6.76. The number of hydrogen-bond donors (Lipinski definition) is 1. The lowest BCUT2D eigenvalue weighted by Crippen LogP contribution is -2.34. The highest BCUT2D eigenvalue weighted by Crippen LogP contribution is 2.32. The average molecular weight is 250 g/mol. The lowest BCUT2D eigenvalue weighted by atomic mass is 9.95. The molecule has 0 bridgehead atoms. The van der Waals surface area contributed by atoms with Crippen LogP contribution in [0.15, 0.2) is 18.2 Å². The molecule has 1 aromatic carbocycles. The second kappa shape index (κ2) is 6.10. The fourth-order valence-electron chi connectivity index (χ4n) is 2.41. The Morgan fingerprint density at radius 3 is 2.67 bits per heavy atom. The van der Waals surface area contributed by atoms with Gasteiger partial charge in [0.2, 0.25) is 0 Å². The van der Waals surface area contributed by atoms with Crippen molar-refractivity contribution in [2.75, 3.05) is 7.11 Å². The number of benzene rings is 1. The summed E-state index contributed by atoms with van der Waals surface area (Å²) in [7, 11) is 1.65. The van der Waals surface area contributed by atoms with Gasteiger partial charge in [0.1, 0.15) is 6.10 Å². The quantitative estimate of drug-likeness (QED) is 0.893. The third-order valence-electron chi connectivity index (χ3n) is 3.58. The number of ether oxygens (including phenoxy) is 2. The second-order valence-electron chi connectivity index (χ2n) is 4.85. The van der Waals surface area contributed by atoms with Gasteiger partial charge in [-0.15, -0.1) is 0 Å². The van der Waals surface area contributed by atoms with Gasteiger partial charge >= 0.3 is 0 Å². The number of aryl methyl sites for hydroxylation is 1. The zero-order chi connectivity index (χ0) is 13.0. The molecule has 1 aliphatic rings. The summed E-state index contributed by atoms with van der Waals surface area (Å²) in [5, 5.41) is 9.93. The standard InChI is InChI=1S/C15H22O3/c1-3-11-8-9-14(15(10-11)17-2)18-13-7-5-4-6-12(13)16/h8-10,12-13,16H,3-7H2,1-2H3/t12-,13-/m1/s1. The van der Waals surface area contributed by atoms with E-state index in [1.165, 1.54) is 5.56 Å². The molecule has 0 unspecified atom stereocenters. The Balaban J connectivity index is 2.12. The normalized spacial score (nSPS) is 23.7. The largest absolute Gasteiger partial charge is 0.493 e. The van der Waals surface area contributed by atoms with Gasteiger partial charge in [-0.25, -0.2) is 0 Å². The van der Waals surface area contributed by atoms with E-state index >= 15 is 0 Å². The van der Waals surface area contributed by atoms with Crippen molar-refractivity contribution in [1.82, 2.24) is 0 Å². The predicted octanol–water partition coefficient (Wildman–Crippen LogP) is 2.94. The van der Waals surface area contributed by atoms with Crippen LogP contribution in [0, 0.1) is 0 Å². The Morgan fingerprint density at radius 2 is 2.00 bits per heavy atom. The third kappa shape index (κ3) is 2.96. The van der Waals surface area contributed by atoms with Gasteiger partial charge in [0, 0.05) is 0 Å². The van der Waals surface area contributed by atoms with E-state index in [4.69, 9.17) is 9.47 Å². The van der Waals surface area contributed by atoms with E-state index in [1.54, 1.807) is 7.11 Å². The van der Waals surface area contributed by atoms with Crippen molar-refractivity contribution in [3.8, 4) is 11.5 Å². The zero-order valence-electron chi connectivity index (χ0n) is 11.2. The molecule has 1 N–H and O–H groups in total. The molecule has 0 spiro atoms. The molecule has 1 aliphatic carbocycles. The molecule has 1 aromatic rings. The molecule has 3 nitrogen and oxygen atoms in total. The summed E-state index contributed by atoms with van der Waals surface area (Å²) in [6, 6.07) is 6.00. The van der Waals surface area contributed by atoms with E-state index in [-0.39, 0.29) is 12.2 Å². The van der Waals surface area contributed by atoms with E-state index in [2.05, 4.69) is 6.92 Å². The fraction of sp³-hybridized carbons (Fsp3) is 0.600. The molecular formula is C15H22O3. The molecule has 1 fully saturated rings. The molecule has 0 amide bonds. The van der Waals surface area contributed by atoms with Crippen LogP contribution in [0.1, 0.15) is 38.2 Å². The molecule has 0 aliphatic heterocycles. The topological polar surface area (TPSA) is 38.7 Å². The van der Waals surface area contributed by atoms with Gasteiger partial charge in [-0.2, -0.15) is 0 Å². The van der Waals surface area contributed by atoms with Gasteiger partial charge in [0.25, 0.3) is 0 Å². The van der Waals surface area contributed by atoms with Gasteiger partial charge in [-0.05, 0) is 43.4 Å². The van der Waals surface area contributed by atoms with E-state index in [0.29, 0.717) is 0 Å². The molecule has 0 aromatic heterocycles. The monoisotopic (exact) mass is 250 g/mol. The first-order valence-corrected chi connectivity index (χ1v) is 6.76. The van der Waals surface area contributed by atoms with Gasteiger partial charge in [0.15, 0.2) is 11.5 Å². The Bertz CT molecular complexity index is 389. The van der Waals surface area contributed by atoms with Crippen molar-refractivity contribution in [1.29, 1.82) is 0 Å². The summed E-state index contributed by atoms with van der Waals surface area (Å²) in [6.07, 6.45) is 4.49. The van der Waals surface area contributed by atoms with Crippen LogP contribution in [-0.4, -0.2) is 24.4 Å². The smallest absolute Gasteiger partial charge is 0.161 e. The highest BCUT2D eigenvalue weighted by Gasteiger charge is 2.25. The summed E-state index contributed by atoms with van der Waals surface area (Å²) < 4.78 is 11.3. The summed E-state index contributed by atoms with van der Waals surface area (Å²) in [5.41, 5.74) is 1.23. The summed E-state index contributed by atoms with van der Waals surface area (Å²) in [6.45, 7) is 2.11. The van der Waals surface area contributed by atoms with Crippen molar-refractivity contribution in [3.63, 3.8) is 0 Å². The summed E-state index contributed by atoms with van der Waals surface area (Å²) >= 11 is 0. The first-order chi connectivity index (χ1) is 8.74. The van der Waals surface area contributed by atoms with E-state index < -0.39 is 0 Å². The van der Waals surface area contributed by atoms with Crippen molar-refractivity contribution >= 4 is 0 Å². The van der Waals surface area contributed by atoms with Gasteiger partial charge in [-0.3, -0.25) is 0 Å². The maximum atomic E-state index is 9.93. The average Bonchev–Trinajstić information content (AvgIpc) is 2.41. The molecular weight excluding hydrogens is 228 g/mol. The predicted molar refractivity (Wildman–Crippen MR) is 71.3 cm³/mol. The lowest BCUT2D eigenvalue weighted by Gasteiger charge is -2.28. The summed E-state index contributed by atoms with van der Waals surface area (Å²) in [4.78, 5) is 0. The summed E-state index contributed by atoms with van der Waals surface area (Å²) in [5.74, 6) is 1.49. The van der Waals surface area contributed by atoms with Gasteiger partial charge in [0.05, 0.1) is 13.2 Å².